The van der Waals surface area contributed by atoms with Crippen LogP contribution in [0.3, 0.4) is 0 Å². The summed E-state index contributed by atoms with van der Waals surface area (Å²) in [7, 11) is 0. The van der Waals surface area contributed by atoms with Crippen molar-refractivity contribution in [3.05, 3.63) is 59.0 Å². The molecule has 1 N–H and O–H groups in total. The first-order chi connectivity index (χ1) is 11.1. The summed E-state index contributed by atoms with van der Waals surface area (Å²) in [5.74, 6) is 0.0786. The number of carbonyl (C=O) groups is 1. The second-order valence-corrected chi connectivity index (χ2v) is 7.37. The Balaban J connectivity index is 1.91. The van der Waals surface area contributed by atoms with E-state index in [1.807, 2.05) is 30.5 Å². The monoisotopic (exact) mass is 359 g/mol. The van der Waals surface area contributed by atoms with Crippen molar-refractivity contribution >= 4 is 57.7 Å². The standard InChI is InChI=1S/C17H13NO2S3/c1-22-14-4-2-3-12(10-14)18-16(20)15(23-17(18)21)9-11-5-7-13(19)8-6-11/h2-10,19H,1H3/b15-9-. The minimum absolute atomic E-state index is 0.119. The van der Waals surface area contributed by atoms with Gasteiger partial charge in [0.2, 0.25) is 0 Å². The molecule has 1 amide bonds. The largest absolute Gasteiger partial charge is 0.508 e. The van der Waals surface area contributed by atoms with E-state index in [0.717, 1.165) is 16.1 Å². The Labute approximate surface area is 148 Å². The van der Waals surface area contributed by atoms with Crippen molar-refractivity contribution in [2.45, 2.75) is 4.90 Å². The summed E-state index contributed by atoms with van der Waals surface area (Å²) in [6.07, 6.45) is 3.78. The molecule has 2 aromatic carbocycles. The summed E-state index contributed by atoms with van der Waals surface area (Å²) in [5, 5.41) is 9.33. The van der Waals surface area contributed by atoms with Gasteiger partial charge in [-0.25, -0.2) is 0 Å². The molecule has 1 heterocycles. The molecular formula is C17H13NO2S3. The minimum atomic E-state index is -0.119. The molecule has 6 heteroatoms. The molecule has 1 aliphatic heterocycles. The van der Waals surface area contributed by atoms with Crippen LogP contribution in [0.2, 0.25) is 0 Å². The fourth-order valence-electron chi connectivity index (χ4n) is 2.16. The van der Waals surface area contributed by atoms with E-state index in [0.29, 0.717) is 9.23 Å². The number of rotatable bonds is 3. The van der Waals surface area contributed by atoms with Crippen LogP contribution >= 0.6 is 35.7 Å². The molecule has 0 aromatic heterocycles. The lowest BCUT2D eigenvalue weighted by Crippen LogP contribution is -2.27. The van der Waals surface area contributed by atoms with Crippen LogP contribution in [0, 0.1) is 0 Å². The predicted octanol–water partition coefficient (Wildman–Crippen LogP) is 4.52. The Morgan fingerprint density at radius 2 is 1.96 bits per heavy atom. The van der Waals surface area contributed by atoms with Crippen molar-refractivity contribution < 1.29 is 9.90 Å². The molecular weight excluding hydrogens is 346 g/mol. The summed E-state index contributed by atoms with van der Waals surface area (Å²) in [4.78, 5) is 15.9. The highest BCUT2D eigenvalue weighted by Crippen LogP contribution is 2.37. The molecule has 0 unspecified atom stereocenters. The number of carbonyl (C=O) groups excluding carboxylic acids is 1. The number of phenols is 1. The molecule has 0 bridgehead atoms. The second-order valence-electron chi connectivity index (χ2n) is 4.81. The fraction of sp³-hybridized carbons (Fsp3) is 0.0588. The Morgan fingerprint density at radius 1 is 1.22 bits per heavy atom. The van der Waals surface area contributed by atoms with Gasteiger partial charge in [-0.2, -0.15) is 0 Å². The van der Waals surface area contributed by atoms with Crippen molar-refractivity contribution in [1.82, 2.24) is 0 Å². The maximum absolute atomic E-state index is 12.7. The van der Waals surface area contributed by atoms with Gasteiger partial charge in [0, 0.05) is 4.90 Å². The number of benzene rings is 2. The molecule has 23 heavy (non-hydrogen) atoms. The summed E-state index contributed by atoms with van der Waals surface area (Å²) in [5.41, 5.74) is 1.63. The smallest absolute Gasteiger partial charge is 0.270 e. The van der Waals surface area contributed by atoms with Gasteiger partial charge in [-0.3, -0.25) is 9.69 Å². The van der Waals surface area contributed by atoms with Crippen molar-refractivity contribution in [3.8, 4) is 5.75 Å². The number of nitrogens with zero attached hydrogens (tertiary/aromatic N) is 1. The van der Waals surface area contributed by atoms with Gasteiger partial charge in [0.15, 0.2) is 4.32 Å². The lowest BCUT2D eigenvalue weighted by atomic mass is 10.2. The third-order valence-corrected chi connectivity index (χ3v) is 5.32. The zero-order valence-electron chi connectivity index (χ0n) is 12.2. The molecule has 0 atom stereocenters. The lowest BCUT2D eigenvalue weighted by molar-refractivity contribution is -0.113. The Bertz CT molecular complexity index is 800. The second kappa shape index (κ2) is 6.78. The molecule has 116 valence electrons. The van der Waals surface area contributed by atoms with Crippen LogP contribution in [0.25, 0.3) is 6.08 Å². The van der Waals surface area contributed by atoms with Crippen LogP contribution in [-0.2, 0) is 4.79 Å². The van der Waals surface area contributed by atoms with Gasteiger partial charge in [0.25, 0.3) is 5.91 Å². The van der Waals surface area contributed by atoms with Crippen LogP contribution in [0.1, 0.15) is 5.56 Å². The van der Waals surface area contributed by atoms with Gasteiger partial charge in [-0.1, -0.05) is 42.2 Å². The van der Waals surface area contributed by atoms with Crippen LogP contribution in [-0.4, -0.2) is 21.6 Å². The quantitative estimate of drug-likeness (QED) is 0.496. The van der Waals surface area contributed by atoms with E-state index in [-0.39, 0.29) is 11.7 Å². The van der Waals surface area contributed by atoms with E-state index in [9.17, 15) is 9.90 Å². The third kappa shape index (κ3) is 3.44. The number of phenolic OH excluding ortho intramolecular Hbond substituents is 1. The molecule has 0 saturated carbocycles. The number of aromatic hydroxyl groups is 1. The van der Waals surface area contributed by atoms with E-state index in [4.69, 9.17) is 12.2 Å². The average Bonchev–Trinajstić information content (AvgIpc) is 2.83. The maximum atomic E-state index is 12.7. The summed E-state index contributed by atoms with van der Waals surface area (Å²) < 4.78 is 0.526. The zero-order valence-corrected chi connectivity index (χ0v) is 14.7. The molecule has 1 fully saturated rings. The molecule has 3 nitrogen and oxygen atoms in total. The summed E-state index contributed by atoms with van der Waals surface area (Å²) in [6.45, 7) is 0. The van der Waals surface area contributed by atoms with Crippen LogP contribution < -0.4 is 4.90 Å². The van der Waals surface area contributed by atoms with Gasteiger partial charge in [-0.15, -0.1) is 11.8 Å². The van der Waals surface area contributed by atoms with Crippen molar-refractivity contribution in [1.29, 1.82) is 0 Å². The highest BCUT2D eigenvalue weighted by Gasteiger charge is 2.33. The van der Waals surface area contributed by atoms with Crippen molar-refractivity contribution in [2.75, 3.05) is 11.2 Å². The van der Waals surface area contributed by atoms with E-state index >= 15 is 0 Å². The lowest BCUT2D eigenvalue weighted by Gasteiger charge is -2.15. The van der Waals surface area contributed by atoms with Gasteiger partial charge in [0.05, 0.1) is 10.6 Å². The number of hydrogen-bond donors (Lipinski definition) is 1. The molecule has 0 spiro atoms. The number of amides is 1. The Morgan fingerprint density at radius 3 is 2.65 bits per heavy atom. The van der Waals surface area contributed by atoms with Crippen LogP contribution in [0.15, 0.2) is 58.3 Å². The first kappa shape index (κ1) is 16.1. The molecule has 1 aliphatic rings. The van der Waals surface area contributed by atoms with Crippen LogP contribution in [0.5, 0.6) is 5.75 Å². The van der Waals surface area contributed by atoms with Gasteiger partial charge in [-0.05, 0) is 48.2 Å². The predicted molar refractivity (Wildman–Crippen MR) is 102 cm³/mol. The van der Waals surface area contributed by atoms with E-state index in [1.165, 1.54) is 11.8 Å². The van der Waals surface area contributed by atoms with E-state index in [1.54, 1.807) is 47.0 Å². The molecule has 3 rings (SSSR count). The Kier molecular flexibility index (Phi) is 4.75. The third-order valence-electron chi connectivity index (χ3n) is 3.30. The first-order valence-corrected chi connectivity index (χ1v) is 9.24. The van der Waals surface area contributed by atoms with Gasteiger partial charge < -0.3 is 5.11 Å². The minimum Gasteiger partial charge on any atom is -0.508 e. The van der Waals surface area contributed by atoms with Gasteiger partial charge >= 0.3 is 0 Å². The molecule has 0 radical (unpaired) electrons. The highest BCUT2D eigenvalue weighted by atomic mass is 32.2. The zero-order chi connectivity index (χ0) is 16.4. The summed E-state index contributed by atoms with van der Waals surface area (Å²) in [6, 6.07) is 14.5. The number of thioether (sulfide) groups is 2. The molecule has 1 saturated heterocycles. The van der Waals surface area contributed by atoms with Gasteiger partial charge in [0.1, 0.15) is 5.75 Å². The normalized spacial score (nSPS) is 16.4. The average molecular weight is 359 g/mol. The maximum Gasteiger partial charge on any atom is 0.270 e. The van der Waals surface area contributed by atoms with E-state index < -0.39 is 0 Å². The number of anilines is 1. The number of thiocarbonyl (C=S) groups is 1. The number of hydrogen-bond acceptors (Lipinski definition) is 5. The molecule has 0 aliphatic carbocycles. The topological polar surface area (TPSA) is 40.5 Å². The Hall–Kier alpha value is -1.76. The van der Waals surface area contributed by atoms with Crippen molar-refractivity contribution in [2.24, 2.45) is 0 Å². The van der Waals surface area contributed by atoms with Crippen LogP contribution in [0.4, 0.5) is 5.69 Å². The summed E-state index contributed by atoms with van der Waals surface area (Å²) >= 11 is 8.28. The SMILES string of the molecule is CSc1cccc(N2C(=O)/C(=C/c3ccc(O)cc3)SC2=S)c1. The van der Waals surface area contributed by atoms with Crippen molar-refractivity contribution in [3.63, 3.8) is 0 Å². The van der Waals surface area contributed by atoms with E-state index in [2.05, 4.69) is 0 Å². The molecule has 2 aromatic rings. The fourth-order valence-corrected chi connectivity index (χ4v) is 3.91. The first-order valence-electron chi connectivity index (χ1n) is 6.79. The highest BCUT2D eigenvalue weighted by molar-refractivity contribution is 8.27.